The van der Waals surface area contributed by atoms with Crippen LogP contribution in [0, 0.1) is 10.4 Å². The molecular formula is C17H19N8O6-. The SMILES string of the molecule is Nc1ncnc2c1nc(NNC=C1C=CC(=[N+]([O-])[O-])C=C1)n2[C@H]1O[C@@H](CO)[C@@H](O)[C@@H]1O. The second kappa shape index (κ2) is 8.19. The van der Waals surface area contributed by atoms with Gasteiger partial charge in [-0.1, -0.05) is 0 Å². The molecule has 3 heterocycles. The Bertz CT molecular complexity index is 1090. The third-order valence-electron chi connectivity index (χ3n) is 4.80. The molecule has 7 N–H and O–H groups in total. The Morgan fingerprint density at radius 2 is 1.94 bits per heavy atom. The lowest BCUT2D eigenvalue weighted by atomic mass is 10.1. The van der Waals surface area contributed by atoms with Crippen molar-refractivity contribution in [3.05, 3.63) is 52.8 Å². The molecule has 1 saturated heterocycles. The molecule has 4 atom stereocenters. The summed E-state index contributed by atoms with van der Waals surface area (Å²) in [4.78, 5) is 11.9. The summed E-state index contributed by atoms with van der Waals surface area (Å²) in [6, 6.07) is 0. The lowest BCUT2D eigenvalue weighted by Gasteiger charge is -2.19. The van der Waals surface area contributed by atoms with Crippen molar-refractivity contribution in [2.45, 2.75) is 24.5 Å². The van der Waals surface area contributed by atoms with Crippen LogP contribution in [0.25, 0.3) is 11.2 Å². The van der Waals surface area contributed by atoms with E-state index in [0.29, 0.717) is 5.57 Å². The molecule has 2 aliphatic rings. The molecule has 0 saturated carbocycles. The van der Waals surface area contributed by atoms with Crippen LogP contribution in [0.15, 0.2) is 42.4 Å². The maximum Gasteiger partial charge on any atom is 0.226 e. The van der Waals surface area contributed by atoms with Crippen molar-refractivity contribution >= 4 is 28.6 Å². The number of anilines is 2. The monoisotopic (exact) mass is 431 g/mol. The van der Waals surface area contributed by atoms with Crippen molar-refractivity contribution in [1.29, 1.82) is 0 Å². The van der Waals surface area contributed by atoms with Crippen LogP contribution in [0.5, 0.6) is 0 Å². The molecule has 2 aromatic heterocycles. The Hall–Kier alpha value is -3.72. The minimum atomic E-state index is -1.37. The number of aromatic nitrogens is 4. The van der Waals surface area contributed by atoms with Gasteiger partial charge in [-0.05, 0) is 17.7 Å². The average Bonchev–Trinajstić information content (AvgIpc) is 3.26. The molecule has 14 heteroatoms. The summed E-state index contributed by atoms with van der Waals surface area (Å²) in [6.07, 6.45) is 3.76. The first-order chi connectivity index (χ1) is 14.9. The molecule has 4 rings (SSSR count). The normalized spacial score (nSPS) is 25.3. The van der Waals surface area contributed by atoms with E-state index in [1.807, 2.05) is 0 Å². The predicted molar refractivity (Wildman–Crippen MR) is 108 cm³/mol. The number of fused-ring (bicyclic) bond motifs is 1. The first-order valence-corrected chi connectivity index (χ1v) is 9.10. The number of hydrogen-bond acceptors (Lipinski definition) is 12. The van der Waals surface area contributed by atoms with Crippen LogP contribution in [-0.4, -0.2) is 70.4 Å². The molecule has 0 amide bonds. The fraction of sp³-hybridized carbons (Fsp3) is 0.294. The second-order valence-corrected chi connectivity index (χ2v) is 6.73. The maximum absolute atomic E-state index is 10.8. The zero-order valence-corrected chi connectivity index (χ0v) is 15.9. The van der Waals surface area contributed by atoms with Crippen molar-refractivity contribution in [3.8, 4) is 0 Å². The third kappa shape index (κ3) is 3.75. The van der Waals surface area contributed by atoms with Gasteiger partial charge in [-0.15, -0.1) is 0 Å². The van der Waals surface area contributed by atoms with Crippen LogP contribution in [0.3, 0.4) is 0 Å². The van der Waals surface area contributed by atoms with Gasteiger partial charge < -0.3 is 41.6 Å². The van der Waals surface area contributed by atoms with E-state index in [4.69, 9.17) is 10.5 Å². The Balaban J connectivity index is 1.63. The Labute approximate surface area is 174 Å². The Kier molecular flexibility index (Phi) is 5.43. The highest BCUT2D eigenvalue weighted by Crippen LogP contribution is 2.34. The Morgan fingerprint density at radius 3 is 2.58 bits per heavy atom. The molecular weight excluding hydrogens is 412 g/mol. The summed E-state index contributed by atoms with van der Waals surface area (Å²) in [5.41, 5.74) is 12.6. The zero-order chi connectivity index (χ0) is 22.1. The summed E-state index contributed by atoms with van der Waals surface area (Å²) < 4.78 is 6.98. The van der Waals surface area contributed by atoms with Crippen molar-refractivity contribution in [2.24, 2.45) is 0 Å². The van der Waals surface area contributed by atoms with Gasteiger partial charge in [0.05, 0.1) is 6.61 Å². The van der Waals surface area contributed by atoms with Crippen molar-refractivity contribution in [2.75, 3.05) is 17.8 Å². The average molecular weight is 431 g/mol. The highest BCUT2D eigenvalue weighted by atomic mass is 16.8. The fourth-order valence-corrected chi connectivity index (χ4v) is 3.22. The number of nitrogen functional groups attached to an aromatic ring is 1. The summed E-state index contributed by atoms with van der Waals surface area (Å²) in [5, 5.41) is 51.4. The van der Waals surface area contributed by atoms with E-state index in [1.165, 1.54) is 29.2 Å². The molecule has 0 unspecified atom stereocenters. The quantitative estimate of drug-likeness (QED) is 0.233. The Morgan fingerprint density at radius 1 is 1.19 bits per heavy atom. The molecule has 2 aromatic rings. The van der Waals surface area contributed by atoms with Crippen LogP contribution in [-0.2, 0) is 4.74 Å². The molecule has 1 aliphatic heterocycles. The minimum Gasteiger partial charge on any atom is -0.612 e. The lowest BCUT2D eigenvalue weighted by Crippen LogP contribution is -2.33. The first-order valence-electron chi connectivity index (χ1n) is 9.10. The van der Waals surface area contributed by atoms with Crippen molar-refractivity contribution in [3.63, 3.8) is 0 Å². The second-order valence-electron chi connectivity index (χ2n) is 6.73. The number of aliphatic hydroxyl groups excluding tert-OH is 3. The molecule has 1 fully saturated rings. The van der Waals surface area contributed by atoms with Gasteiger partial charge in [0.25, 0.3) is 0 Å². The number of ether oxygens (including phenoxy) is 1. The van der Waals surface area contributed by atoms with Crippen LogP contribution in [0.2, 0.25) is 0 Å². The number of hydrazine groups is 1. The molecule has 164 valence electrons. The van der Waals surface area contributed by atoms with Crippen molar-refractivity contribution < 1.29 is 25.0 Å². The number of imidazole rings is 1. The molecule has 0 radical (unpaired) electrons. The van der Waals surface area contributed by atoms with Gasteiger partial charge in [-0.2, -0.15) is 4.90 Å². The summed E-state index contributed by atoms with van der Waals surface area (Å²) in [5.74, 6) is 0.230. The summed E-state index contributed by atoms with van der Waals surface area (Å²) >= 11 is 0. The molecule has 0 bridgehead atoms. The number of allylic oxidation sites excluding steroid dienone is 5. The molecule has 0 aromatic carbocycles. The highest BCUT2D eigenvalue weighted by molar-refractivity contribution is 6.02. The standard InChI is InChI=1S/C17H19N8O6/c18-14-11-15(20-7-19-14)24(16-13(28)12(27)10(6-26)31-16)17(22-11)23-21-5-8-1-3-9(4-2-8)25(29)30/h1-5,7,10,12-13,16,21,26-28H,6H2,(H3-,18,19,20,22,23,29,30)/q-1/t10-,12+,13-,16-/m0/s1. The third-order valence-corrected chi connectivity index (χ3v) is 4.80. The van der Waals surface area contributed by atoms with E-state index in [2.05, 4.69) is 25.8 Å². The van der Waals surface area contributed by atoms with Crippen LogP contribution in [0.1, 0.15) is 6.23 Å². The fourth-order valence-electron chi connectivity index (χ4n) is 3.22. The van der Waals surface area contributed by atoms with Gasteiger partial charge in [-0.3, -0.25) is 9.99 Å². The van der Waals surface area contributed by atoms with E-state index < -0.39 is 36.0 Å². The van der Waals surface area contributed by atoms with Gasteiger partial charge in [0.15, 0.2) is 23.2 Å². The van der Waals surface area contributed by atoms with Gasteiger partial charge >= 0.3 is 0 Å². The number of nitrogens with zero attached hydrogens (tertiary/aromatic N) is 5. The van der Waals surface area contributed by atoms with Crippen LogP contribution >= 0.6 is 0 Å². The molecule has 1 aliphatic carbocycles. The minimum absolute atomic E-state index is 0.0367. The van der Waals surface area contributed by atoms with Crippen LogP contribution in [0.4, 0.5) is 11.8 Å². The van der Waals surface area contributed by atoms with E-state index in [-0.39, 0.29) is 28.6 Å². The number of rotatable bonds is 5. The van der Waals surface area contributed by atoms with E-state index in [1.54, 1.807) is 12.2 Å². The largest absolute Gasteiger partial charge is 0.612 e. The summed E-state index contributed by atoms with van der Waals surface area (Å²) in [6.45, 7) is -0.493. The number of hydrogen-bond donors (Lipinski definition) is 6. The lowest BCUT2D eigenvalue weighted by molar-refractivity contribution is -0.377. The molecule has 31 heavy (non-hydrogen) atoms. The maximum atomic E-state index is 10.8. The van der Waals surface area contributed by atoms with E-state index in [0.717, 1.165) is 0 Å². The van der Waals surface area contributed by atoms with Gasteiger partial charge in [0, 0.05) is 18.4 Å². The number of nitrogens with two attached hydrogens (primary N) is 1. The van der Waals surface area contributed by atoms with E-state index in [9.17, 15) is 25.7 Å². The number of nitrogens with one attached hydrogen (secondary N) is 2. The zero-order valence-electron chi connectivity index (χ0n) is 15.9. The van der Waals surface area contributed by atoms with Gasteiger partial charge in [0.2, 0.25) is 11.7 Å². The molecule has 0 spiro atoms. The highest BCUT2D eigenvalue weighted by Gasteiger charge is 2.45. The number of aliphatic hydroxyl groups is 3. The smallest absolute Gasteiger partial charge is 0.226 e. The summed E-state index contributed by atoms with van der Waals surface area (Å²) in [7, 11) is 0. The molecule has 14 nitrogen and oxygen atoms in total. The van der Waals surface area contributed by atoms with E-state index >= 15 is 0 Å². The van der Waals surface area contributed by atoms with Crippen molar-refractivity contribution in [1.82, 2.24) is 24.9 Å². The first kappa shape index (κ1) is 20.5. The predicted octanol–water partition coefficient (Wildman–Crippen LogP) is -1.60. The van der Waals surface area contributed by atoms with Crippen LogP contribution < -0.4 is 16.6 Å². The van der Waals surface area contributed by atoms with Gasteiger partial charge in [0.1, 0.15) is 24.6 Å². The van der Waals surface area contributed by atoms with Gasteiger partial charge in [-0.25, -0.2) is 15.0 Å². The topological polar surface area (TPSA) is 213 Å².